The first kappa shape index (κ1) is 28.5. The molecular formula is C28H29ClFN3O5S2. The molecular weight excluding hydrogens is 577 g/mol. The molecule has 3 aromatic rings. The molecule has 0 aromatic heterocycles. The van der Waals surface area contributed by atoms with Crippen LogP contribution in [0.1, 0.15) is 37.7 Å². The zero-order valence-corrected chi connectivity index (χ0v) is 24.0. The van der Waals surface area contributed by atoms with Crippen LogP contribution in [-0.4, -0.2) is 46.2 Å². The van der Waals surface area contributed by atoms with Crippen molar-refractivity contribution in [2.24, 2.45) is 0 Å². The number of sulfonamides is 2. The predicted octanol–water partition coefficient (Wildman–Crippen LogP) is 5.19. The molecule has 12 heteroatoms. The lowest BCUT2D eigenvalue weighted by molar-refractivity contribution is -0.116. The van der Waals surface area contributed by atoms with Crippen LogP contribution >= 0.6 is 11.6 Å². The molecule has 0 unspecified atom stereocenters. The molecule has 40 heavy (non-hydrogen) atoms. The summed E-state index contributed by atoms with van der Waals surface area (Å²) in [6.07, 6.45) is 4.47. The second kappa shape index (κ2) is 11.5. The summed E-state index contributed by atoms with van der Waals surface area (Å²) in [5, 5.41) is 3.17. The van der Waals surface area contributed by atoms with E-state index in [2.05, 4.69) is 5.32 Å². The fraction of sp³-hybridized carbons (Fsp3) is 0.321. The Morgan fingerprint density at radius 1 is 0.925 bits per heavy atom. The van der Waals surface area contributed by atoms with Crippen LogP contribution in [0.4, 0.5) is 15.8 Å². The minimum Gasteiger partial charge on any atom is -0.325 e. The normalized spacial score (nSPS) is 16.2. The Labute approximate surface area is 238 Å². The first-order chi connectivity index (χ1) is 19.1. The summed E-state index contributed by atoms with van der Waals surface area (Å²) in [5.41, 5.74) is 1.62. The number of benzene rings is 3. The Hall–Kier alpha value is -2.99. The molecule has 1 N–H and O–H groups in total. The fourth-order valence-corrected chi connectivity index (χ4v) is 8.54. The maximum absolute atomic E-state index is 13.5. The van der Waals surface area contributed by atoms with Crippen LogP contribution < -0.4 is 9.62 Å². The summed E-state index contributed by atoms with van der Waals surface area (Å²) in [6.45, 7) is -0.169. The number of rotatable bonds is 8. The highest BCUT2D eigenvalue weighted by atomic mass is 35.5. The van der Waals surface area contributed by atoms with Gasteiger partial charge in [0.15, 0.2) is 0 Å². The van der Waals surface area contributed by atoms with Gasteiger partial charge in [0, 0.05) is 23.3 Å². The van der Waals surface area contributed by atoms with Gasteiger partial charge in [-0.05, 0) is 85.5 Å². The molecule has 2 aliphatic rings. The average Bonchev–Trinajstić information content (AvgIpc) is 3.37. The summed E-state index contributed by atoms with van der Waals surface area (Å²) in [5.74, 6) is -1.11. The third kappa shape index (κ3) is 5.88. The topological polar surface area (TPSA) is 104 Å². The van der Waals surface area contributed by atoms with Crippen LogP contribution in [0.25, 0.3) is 0 Å². The highest BCUT2D eigenvalue weighted by Crippen LogP contribution is 2.35. The van der Waals surface area contributed by atoms with Crippen LogP contribution in [-0.2, 0) is 31.3 Å². The van der Waals surface area contributed by atoms with Crippen molar-refractivity contribution < 1.29 is 26.0 Å². The lowest BCUT2D eigenvalue weighted by Gasteiger charge is -2.33. The van der Waals surface area contributed by atoms with Gasteiger partial charge < -0.3 is 5.32 Å². The Morgan fingerprint density at radius 3 is 2.25 bits per heavy atom. The predicted molar refractivity (Wildman–Crippen MR) is 152 cm³/mol. The Bertz CT molecular complexity index is 1610. The molecule has 0 bridgehead atoms. The van der Waals surface area contributed by atoms with Gasteiger partial charge in [-0.2, -0.15) is 4.31 Å². The summed E-state index contributed by atoms with van der Waals surface area (Å²) in [6, 6.07) is 15.2. The molecule has 3 aromatic carbocycles. The summed E-state index contributed by atoms with van der Waals surface area (Å²) in [7, 11) is -7.92. The Kier molecular flexibility index (Phi) is 8.19. The first-order valence-electron chi connectivity index (χ1n) is 13.0. The molecule has 0 radical (unpaired) electrons. The van der Waals surface area contributed by atoms with E-state index in [0.29, 0.717) is 35.7 Å². The van der Waals surface area contributed by atoms with E-state index in [4.69, 9.17) is 11.6 Å². The second-order valence-electron chi connectivity index (χ2n) is 9.97. The Balaban J connectivity index is 1.37. The van der Waals surface area contributed by atoms with Crippen LogP contribution in [0, 0.1) is 5.82 Å². The van der Waals surface area contributed by atoms with E-state index in [9.17, 15) is 26.0 Å². The standard InChI is InChI=1S/C28H29ClFN3O5S2/c29-21-7-12-25(13-8-21)39(35,36)32-17-16-20-6-11-23(18-27(20)32)31-28(34)19-33(24-4-2-1-3-5-24)40(37,38)26-14-9-22(30)10-15-26/h6-15,18,24H,1-5,16-17,19H2,(H,31,34). The van der Waals surface area contributed by atoms with E-state index in [1.165, 1.54) is 45.0 Å². The fourth-order valence-electron chi connectivity index (χ4n) is 5.27. The lowest BCUT2D eigenvalue weighted by atomic mass is 9.95. The van der Waals surface area contributed by atoms with Crippen LogP contribution in [0.3, 0.4) is 0 Å². The van der Waals surface area contributed by atoms with E-state index in [0.717, 1.165) is 37.0 Å². The molecule has 1 heterocycles. The summed E-state index contributed by atoms with van der Waals surface area (Å²) < 4.78 is 69.7. The van der Waals surface area contributed by atoms with Gasteiger partial charge >= 0.3 is 0 Å². The number of hydrogen-bond acceptors (Lipinski definition) is 5. The Morgan fingerprint density at radius 2 is 1.57 bits per heavy atom. The number of nitrogens with zero attached hydrogens (tertiary/aromatic N) is 2. The van der Waals surface area contributed by atoms with Gasteiger partial charge in [0.25, 0.3) is 10.0 Å². The SMILES string of the molecule is O=C(CN(C1CCCCC1)S(=O)(=O)c1ccc(F)cc1)Nc1ccc2c(c1)N(S(=O)(=O)c1ccc(Cl)cc1)CC2. The quantitative estimate of drug-likeness (QED) is 0.380. The monoisotopic (exact) mass is 605 g/mol. The summed E-state index contributed by atoms with van der Waals surface area (Å²) >= 11 is 5.92. The van der Waals surface area contributed by atoms with Gasteiger partial charge in [-0.25, -0.2) is 21.2 Å². The average molecular weight is 606 g/mol. The first-order valence-corrected chi connectivity index (χ1v) is 16.3. The molecule has 0 spiro atoms. The maximum Gasteiger partial charge on any atom is 0.264 e. The number of fused-ring (bicyclic) bond motifs is 1. The van der Waals surface area contributed by atoms with E-state index < -0.39 is 38.3 Å². The number of amides is 1. The molecule has 1 aliphatic heterocycles. The van der Waals surface area contributed by atoms with E-state index in [1.54, 1.807) is 18.2 Å². The molecule has 1 amide bonds. The van der Waals surface area contributed by atoms with Crippen molar-refractivity contribution >= 4 is 48.9 Å². The molecule has 1 aliphatic carbocycles. The molecule has 5 rings (SSSR count). The highest BCUT2D eigenvalue weighted by Gasteiger charge is 2.35. The number of nitrogens with one attached hydrogen (secondary N) is 1. The van der Waals surface area contributed by atoms with Crippen molar-refractivity contribution in [3.63, 3.8) is 0 Å². The van der Waals surface area contributed by atoms with Gasteiger partial charge in [0.1, 0.15) is 5.82 Å². The van der Waals surface area contributed by atoms with Gasteiger partial charge in [-0.15, -0.1) is 0 Å². The van der Waals surface area contributed by atoms with Gasteiger partial charge in [0.05, 0.1) is 22.0 Å². The van der Waals surface area contributed by atoms with Crippen LogP contribution in [0.15, 0.2) is 76.5 Å². The summed E-state index contributed by atoms with van der Waals surface area (Å²) in [4.78, 5) is 13.2. The highest BCUT2D eigenvalue weighted by molar-refractivity contribution is 7.92. The lowest BCUT2D eigenvalue weighted by Crippen LogP contribution is -2.45. The largest absolute Gasteiger partial charge is 0.325 e. The van der Waals surface area contributed by atoms with Crippen molar-refractivity contribution in [3.05, 3.63) is 83.1 Å². The van der Waals surface area contributed by atoms with Crippen molar-refractivity contribution in [1.82, 2.24) is 4.31 Å². The van der Waals surface area contributed by atoms with Crippen LogP contribution in [0.2, 0.25) is 5.02 Å². The van der Waals surface area contributed by atoms with Crippen molar-refractivity contribution in [2.75, 3.05) is 22.7 Å². The van der Waals surface area contributed by atoms with Crippen molar-refractivity contribution in [2.45, 2.75) is 54.4 Å². The number of carbonyl (C=O) groups excluding carboxylic acids is 1. The van der Waals surface area contributed by atoms with E-state index in [1.807, 2.05) is 0 Å². The number of anilines is 2. The number of halogens is 2. The second-order valence-corrected chi connectivity index (χ2v) is 14.2. The molecule has 212 valence electrons. The van der Waals surface area contributed by atoms with Gasteiger partial charge in [-0.1, -0.05) is 36.9 Å². The zero-order chi connectivity index (χ0) is 28.5. The zero-order valence-electron chi connectivity index (χ0n) is 21.6. The van der Waals surface area contributed by atoms with Gasteiger partial charge in [-0.3, -0.25) is 9.10 Å². The number of hydrogen-bond donors (Lipinski definition) is 1. The molecule has 0 saturated heterocycles. The third-order valence-electron chi connectivity index (χ3n) is 7.33. The molecule has 1 saturated carbocycles. The molecule has 1 fully saturated rings. The molecule has 0 atom stereocenters. The van der Waals surface area contributed by atoms with Gasteiger partial charge in [0.2, 0.25) is 15.9 Å². The minimum atomic E-state index is -4.07. The minimum absolute atomic E-state index is 0.0761. The molecule has 8 nitrogen and oxygen atoms in total. The smallest absolute Gasteiger partial charge is 0.264 e. The third-order valence-corrected chi connectivity index (χ3v) is 11.3. The number of carbonyl (C=O) groups is 1. The van der Waals surface area contributed by atoms with Crippen molar-refractivity contribution in [1.29, 1.82) is 0 Å². The van der Waals surface area contributed by atoms with E-state index >= 15 is 0 Å². The van der Waals surface area contributed by atoms with Crippen molar-refractivity contribution in [3.8, 4) is 0 Å². The maximum atomic E-state index is 13.5. The van der Waals surface area contributed by atoms with Crippen LogP contribution in [0.5, 0.6) is 0 Å². The van der Waals surface area contributed by atoms with E-state index in [-0.39, 0.29) is 22.4 Å².